The number of amides is 1. The summed E-state index contributed by atoms with van der Waals surface area (Å²) in [6.07, 6.45) is -0.985. The number of carbonyl (C=O) groups excluding carboxylic acids is 2. The Hall–Kier alpha value is -3.15. The molecule has 3 rings (SSSR count). The van der Waals surface area contributed by atoms with Crippen molar-refractivity contribution in [3.8, 4) is 0 Å². The summed E-state index contributed by atoms with van der Waals surface area (Å²) in [5.41, 5.74) is 1.31. The Morgan fingerprint density at radius 1 is 1.16 bits per heavy atom. The first-order chi connectivity index (χ1) is 12.0. The lowest BCUT2D eigenvalue weighted by Crippen LogP contribution is -2.35. The van der Waals surface area contributed by atoms with Crippen LogP contribution in [-0.2, 0) is 16.1 Å². The number of carbonyl (C=O) groups is 2. The molecule has 0 saturated carbocycles. The molecule has 0 aliphatic carbocycles. The van der Waals surface area contributed by atoms with Gasteiger partial charge in [0.25, 0.3) is 5.91 Å². The summed E-state index contributed by atoms with van der Waals surface area (Å²) in [7, 11) is 0. The molecule has 1 heterocycles. The first kappa shape index (κ1) is 16.7. The molecule has 0 saturated heterocycles. The normalized spacial score (nSPS) is 11.9. The number of ether oxygens (including phenoxy) is 1. The van der Waals surface area contributed by atoms with E-state index in [1.54, 1.807) is 30.3 Å². The van der Waals surface area contributed by atoms with Crippen molar-refractivity contribution in [1.82, 2.24) is 5.32 Å². The maximum atomic E-state index is 12.8. The van der Waals surface area contributed by atoms with Crippen molar-refractivity contribution in [3.05, 3.63) is 71.7 Å². The molecule has 128 valence electrons. The molecule has 0 radical (unpaired) electrons. The molecule has 0 aliphatic rings. The second-order valence-electron chi connectivity index (χ2n) is 5.54. The Morgan fingerprint density at radius 2 is 1.88 bits per heavy atom. The lowest BCUT2D eigenvalue weighted by Gasteiger charge is -2.12. The maximum absolute atomic E-state index is 12.8. The third-order valence-corrected chi connectivity index (χ3v) is 3.66. The quantitative estimate of drug-likeness (QED) is 0.722. The second-order valence-corrected chi connectivity index (χ2v) is 5.54. The highest BCUT2D eigenvalue weighted by Crippen LogP contribution is 2.19. The van der Waals surface area contributed by atoms with E-state index in [0.717, 1.165) is 10.9 Å². The number of furan rings is 1. The van der Waals surface area contributed by atoms with Gasteiger partial charge in [0.15, 0.2) is 6.10 Å². The SMILES string of the molecule is C[C@H](OC(=O)c1cc2ccccc2o1)C(=O)NCc1ccc(F)cc1. The van der Waals surface area contributed by atoms with Crippen LogP contribution in [0.25, 0.3) is 11.0 Å². The van der Waals surface area contributed by atoms with Gasteiger partial charge in [-0.05, 0) is 36.8 Å². The zero-order valence-corrected chi connectivity index (χ0v) is 13.5. The van der Waals surface area contributed by atoms with E-state index < -0.39 is 18.0 Å². The van der Waals surface area contributed by atoms with E-state index in [2.05, 4.69) is 5.32 Å². The summed E-state index contributed by atoms with van der Waals surface area (Å²) >= 11 is 0. The van der Waals surface area contributed by atoms with Crippen LogP contribution in [0, 0.1) is 5.82 Å². The van der Waals surface area contributed by atoms with E-state index >= 15 is 0 Å². The van der Waals surface area contributed by atoms with Crippen LogP contribution >= 0.6 is 0 Å². The van der Waals surface area contributed by atoms with Gasteiger partial charge in [0.1, 0.15) is 11.4 Å². The standard InChI is InChI=1S/C19H16FNO4/c1-12(18(22)21-11-13-6-8-15(20)9-7-13)24-19(23)17-10-14-4-2-3-5-16(14)25-17/h2-10,12H,11H2,1H3,(H,21,22)/t12-/m0/s1. The van der Waals surface area contributed by atoms with Gasteiger partial charge in [0.05, 0.1) is 0 Å². The van der Waals surface area contributed by atoms with Gasteiger partial charge >= 0.3 is 5.97 Å². The zero-order chi connectivity index (χ0) is 17.8. The molecular formula is C19H16FNO4. The van der Waals surface area contributed by atoms with E-state index in [1.165, 1.54) is 19.1 Å². The predicted octanol–water partition coefficient (Wildman–Crippen LogP) is 3.43. The van der Waals surface area contributed by atoms with Crippen LogP contribution in [-0.4, -0.2) is 18.0 Å². The molecule has 6 heteroatoms. The van der Waals surface area contributed by atoms with Crippen molar-refractivity contribution in [2.45, 2.75) is 19.6 Å². The van der Waals surface area contributed by atoms with Gasteiger partial charge in [-0.15, -0.1) is 0 Å². The number of esters is 1. The largest absolute Gasteiger partial charge is 0.449 e. The minimum absolute atomic E-state index is 0.0411. The topological polar surface area (TPSA) is 68.5 Å². The van der Waals surface area contributed by atoms with Crippen molar-refractivity contribution >= 4 is 22.8 Å². The summed E-state index contributed by atoms with van der Waals surface area (Å²) in [6, 6.07) is 14.5. The molecule has 1 amide bonds. The van der Waals surface area contributed by atoms with Crippen LogP contribution in [0.3, 0.4) is 0 Å². The molecule has 0 spiro atoms. The zero-order valence-electron chi connectivity index (χ0n) is 13.5. The van der Waals surface area contributed by atoms with Crippen molar-refractivity contribution in [2.24, 2.45) is 0 Å². The Morgan fingerprint density at radius 3 is 2.60 bits per heavy atom. The van der Waals surface area contributed by atoms with Gasteiger partial charge in [-0.25, -0.2) is 9.18 Å². The summed E-state index contributed by atoms with van der Waals surface area (Å²) < 4.78 is 23.4. The summed E-state index contributed by atoms with van der Waals surface area (Å²) in [4.78, 5) is 24.1. The molecule has 1 N–H and O–H groups in total. The van der Waals surface area contributed by atoms with Crippen LogP contribution < -0.4 is 5.32 Å². The van der Waals surface area contributed by atoms with Crippen molar-refractivity contribution in [2.75, 3.05) is 0 Å². The number of rotatable bonds is 5. The van der Waals surface area contributed by atoms with Crippen LogP contribution in [0.15, 0.2) is 59.0 Å². The fourth-order valence-corrected chi connectivity index (χ4v) is 2.29. The molecule has 0 bridgehead atoms. The maximum Gasteiger partial charge on any atom is 0.375 e. The minimum Gasteiger partial charge on any atom is -0.449 e. The highest BCUT2D eigenvalue weighted by atomic mass is 19.1. The number of hydrogen-bond donors (Lipinski definition) is 1. The summed E-state index contributed by atoms with van der Waals surface area (Å²) in [5, 5.41) is 3.41. The molecule has 0 unspecified atom stereocenters. The number of halogens is 1. The molecule has 5 nitrogen and oxygen atoms in total. The average Bonchev–Trinajstić information content (AvgIpc) is 3.05. The highest BCUT2D eigenvalue weighted by Gasteiger charge is 2.21. The van der Waals surface area contributed by atoms with Gasteiger partial charge in [-0.3, -0.25) is 4.79 Å². The Balaban J connectivity index is 1.56. The molecule has 0 fully saturated rings. The Kier molecular flexibility index (Phi) is 4.79. The smallest absolute Gasteiger partial charge is 0.375 e. The molecule has 25 heavy (non-hydrogen) atoms. The highest BCUT2D eigenvalue weighted by molar-refractivity contribution is 5.94. The molecule has 1 aromatic heterocycles. The fourth-order valence-electron chi connectivity index (χ4n) is 2.29. The van der Waals surface area contributed by atoms with Crippen molar-refractivity contribution in [3.63, 3.8) is 0 Å². The molecular weight excluding hydrogens is 325 g/mol. The summed E-state index contributed by atoms with van der Waals surface area (Å²) in [5.74, 6) is -1.46. The van der Waals surface area contributed by atoms with Crippen molar-refractivity contribution < 1.29 is 23.1 Å². The lowest BCUT2D eigenvalue weighted by molar-refractivity contribution is -0.129. The molecule has 2 aromatic carbocycles. The van der Waals surface area contributed by atoms with E-state index in [9.17, 15) is 14.0 Å². The van der Waals surface area contributed by atoms with Gasteiger partial charge in [0, 0.05) is 11.9 Å². The van der Waals surface area contributed by atoms with E-state index in [0.29, 0.717) is 5.58 Å². The molecule has 0 aliphatic heterocycles. The first-order valence-corrected chi connectivity index (χ1v) is 7.74. The fraction of sp³-hybridized carbons (Fsp3) is 0.158. The third-order valence-electron chi connectivity index (χ3n) is 3.66. The number of nitrogens with one attached hydrogen (secondary N) is 1. The number of para-hydroxylation sites is 1. The number of hydrogen-bond acceptors (Lipinski definition) is 4. The second kappa shape index (κ2) is 7.17. The summed E-state index contributed by atoms with van der Waals surface area (Å²) in [6.45, 7) is 1.69. The Labute approximate surface area is 143 Å². The van der Waals surface area contributed by atoms with Crippen LogP contribution in [0.2, 0.25) is 0 Å². The third kappa shape index (κ3) is 4.03. The minimum atomic E-state index is -0.985. The molecule has 3 aromatic rings. The number of fused-ring (bicyclic) bond motifs is 1. The van der Waals surface area contributed by atoms with Crippen molar-refractivity contribution in [1.29, 1.82) is 0 Å². The number of benzene rings is 2. The van der Waals surface area contributed by atoms with Gasteiger partial charge < -0.3 is 14.5 Å². The van der Waals surface area contributed by atoms with E-state index in [-0.39, 0.29) is 18.1 Å². The van der Waals surface area contributed by atoms with Gasteiger partial charge in [0.2, 0.25) is 5.76 Å². The lowest BCUT2D eigenvalue weighted by atomic mass is 10.2. The molecule has 1 atom stereocenters. The first-order valence-electron chi connectivity index (χ1n) is 7.74. The van der Waals surface area contributed by atoms with E-state index in [1.807, 2.05) is 12.1 Å². The van der Waals surface area contributed by atoms with Crippen LogP contribution in [0.1, 0.15) is 23.0 Å². The van der Waals surface area contributed by atoms with E-state index in [4.69, 9.17) is 9.15 Å². The monoisotopic (exact) mass is 341 g/mol. The Bertz CT molecular complexity index is 868. The van der Waals surface area contributed by atoms with Crippen LogP contribution in [0.4, 0.5) is 4.39 Å². The van der Waals surface area contributed by atoms with Crippen LogP contribution in [0.5, 0.6) is 0 Å². The van der Waals surface area contributed by atoms with Gasteiger partial charge in [-0.2, -0.15) is 0 Å². The average molecular weight is 341 g/mol. The predicted molar refractivity (Wildman–Crippen MR) is 89.3 cm³/mol. The van der Waals surface area contributed by atoms with Gasteiger partial charge in [-0.1, -0.05) is 30.3 Å².